The SMILES string of the molecule is CS(=O)(=O)N(Cc1cnc(C(=O)NN)cn1)c1ccccc1. The van der Waals surface area contributed by atoms with Crippen molar-refractivity contribution in [2.24, 2.45) is 5.84 Å². The van der Waals surface area contributed by atoms with Crippen molar-refractivity contribution in [1.29, 1.82) is 0 Å². The molecule has 0 radical (unpaired) electrons. The first-order chi connectivity index (χ1) is 10.4. The number of benzene rings is 1. The molecular weight excluding hydrogens is 306 g/mol. The van der Waals surface area contributed by atoms with Crippen LogP contribution in [-0.2, 0) is 16.6 Å². The van der Waals surface area contributed by atoms with Crippen LogP contribution in [0.15, 0.2) is 42.7 Å². The van der Waals surface area contributed by atoms with Crippen LogP contribution >= 0.6 is 0 Å². The summed E-state index contributed by atoms with van der Waals surface area (Å²) < 4.78 is 25.1. The summed E-state index contributed by atoms with van der Waals surface area (Å²) in [5.74, 6) is 4.43. The Morgan fingerprint density at radius 2 is 1.91 bits per heavy atom. The molecule has 0 aliphatic rings. The van der Waals surface area contributed by atoms with Gasteiger partial charge in [0.1, 0.15) is 5.69 Å². The fourth-order valence-electron chi connectivity index (χ4n) is 1.77. The van der Waals surface area contributed by atoms with E-state index in [1.54, 1.807) is 30.3 Å². The summed E-state index contributed by atoms with van der Waals surface area (Å²) >= 11 is 0. The Morgan fingerprint density at radius 1 is 1.23 bits per heavy atom. The quantitative estimate of drug-likeness (QED) is 0.456. The van der Waals surface area contributed by atoms with Crippen LogP contribution in [0.1, 0.15) is 16.2 Å². The van der Waals surface area contributed by atoms with Crippen LogP contribution < -0.4 is 15.6 Å². The van der Waals surface area contributed by atoms with E-state index in [0.717, 1.165) is 6.26 Å². The number of hydrogen-bond acceptors (Lipinski definition) is 6. The fraction of sp³-hybridized carbons (Fsp3) is 0.154. The van der Waals surface area contributed by atoms with Gasteiger partial charge in [0, 0.05) is 0 Å². The lowest BCUT2D eigenvalue weighted by molar-refractivity contribution is 0.0948. The maximum atomic E-state index is 12.0. The van der Waals surface area contributed by atoms with E-state index in [2.05, 4.69) is 9.97 Å². The number of nitrogen functional groups attached to an aromatic ring is 1. The first kappa shape index (κ1) is 15.9. The molecular formula is C13H15N5O3S. The van der Waals surface area contributed by atoms with Gasteiger partial charge in [-0.1, -0.05) is 18.2 Å². The molecule has 0 saturated heterocycles. The molecule has 2 aromatic rings. The third kappa shape index (κ3) is 3.77. The number of amides is 1. The highest BCUT2D eigenvalue weighted by molar-refractivity contribution is 7.92. The maximum Gasteiger partial charge on any atom is 0.285 e. The van der Waals surface area contributed by atoms with Gasteiger partial charge in [-0.15, -0.1) is 0 Å². The summed E-state index contributed by atoms with van der Waals surface area (Å²) in [6.07, 6.45) is 3.69. The number of sulfonamides is 1. The minimum absolute atomic E-state index is 0.0143. The zero-order valence-corrected chi connectivity index (χ0v) is 12.6. The predicted molar refractivity (Wildman–Crippen MR) is 81.2 cm³/mol. The normalized spacial score (nSPS) is 11.0. The van der Waals surface area contributed by atoms with Crippen LogP contribution in [0.3, 0.4) is 0 Å². The van der Waals surface area contributed by atoms with Crippen molar-refractivity contribution < 1.29 is 13.2 Å². The maximum absolute atomic E-state index is 12.0. The number of carbonyl (C=O) groups excluding carboxylic acids is 1. The number of carbonyl (C=O) groups is 1. The van der Waals surface area contributed by atoms with Crippen molar-refractivity contribution in [2.75, 3.05) is 10.6 Å². The Kier molecular flexibility index (Phi) is 4.68. The minimum atomic E-state index is -3.48. The molecule has 22 heavy (non-hydrogen) atoms. The van der Waals surface area contributed by atoms with Crippen molar-refractivity contribution in [1.82, 2.24) is 15.4 Å². The number of nitrogens with one attached hydrogen (secondary N) is 1. The molecule has 3 N–H and O–H groups in total. The standard InChI is InChI=1S/C13H15N5O3S/c1-22(20,21)18(11-5-3-2-4-6-11)9-10-7-16-12(8-15-10)13(19)17-14/h2-8H,9,14H2,1H3,(H,17,19). The highest BCUT2D eigenvalue weighted by Crippen LogP contribution is 2.19. The summed E-state index contributed by atoms with van der Waals surface area (Å²) in [5, 5.41) is 0. The van der Waals surface area contributed by atoms with Gasteiger partial charge in [-0.2, -0.15) is 0 Å². The molecule has 0 spiro atoms. The average Bonchev–Trinajstić information content (AvgIpc) is 2.52. The van der Waals surface area contributed by atoms with Crippen LogP contribution in [0.2, 0.25) is 0 Å². The van der Waals surface area contributed by atoms with Gasteiger partial charge >= 0.3 is 0 Å². The van der Waals surface area contributed by atoms with Gasteiger partial charge in [0.2, 0.25) is 10.0 Å². The number of hydrazine groups is 1. The third-order valence-corrected chi connectivity index (χ3v) is 3.96. The van der Waals surface area contributed by atoms with E-state index in [9.17, 15) is 13.2 Å². The van der Waals surface area contributed by atoms with Gasteiger partial charge in [0.05, 0.1) is 36.6 Å². The first-order valence-electron chi connectivity index (χ1n) is 6.26. The molecule has 0 aliphatic carbocycles. The average molecular weight is 321 g/mol. The molecule has 0 saturated carbocycles. The highest BCUT2D eigenvalue weighted by atomic mass is 32.2. The first-order valence-corrected chi connectivity index (χ1v) is 8.11. The second kappa shape index (κ2) is 6.50. The summed E-state index contributed by atoms with van der Waals surface area (Å²) in [5.41, 5.74) is 2.93. The minimum Gasteiger partial charge on any atom is -0.289 e. The Labute approximate surface area is 128 Å². The van der Waals surface area contributed by atoms with Gasteiger partial charge in [0.25, 0.3) is 5.91 Å². The van der Waals surface area contributed by atoms with Crippen LogP contribution in [0, 0.1) is 0 Å². The summed E-state index contributed by atoms with van der Waals surface area (Å²) in [7, 11) is -3.48. The Morgan fingerprint density at radius 3 is 2.41 bits per heavy atom. The number of aromatic nitrogens is 2. The summed E-state index contributed by atoms with van der Waals surface area (Å²) in [4.78, 5) is 19.2. The molecule has 0 aliphatic heterocycles. The third-order valence-electron chi connectivity index (χ3n) is 2.82. The van der Waals surface area contributed by atoms with Crippen molar-refractivity contribution in [2.45, 2.75) is 6.54 Å². The summed E-state index contributed by atoms with van der Waals surface area (Å²) in [6.45, 7) is 0.0143. The van der Waals surface area contributed by atoms with E-state index in [-0.39, 0.29) is 12.2 Å². The number of nitrogens with two attached hydrogens (primary N) is 1. The van der Waals surface area contributed by atoms with Crippen molar-refractivity contribution >= 4 is 21.6 Å². The molecule has 1 aromatic heterocycles. The molecule has 1 amide bonds. The van der Waals surface area contributed by atoms with Gasteiger partial charge in [-0.05, 0) is 12.1 Å². The topological polar surface area (TPSA) is 118 Å². The fourth-order valence-corrected chi connectivity index (χ4v) is 2.64. The molecule has 0 fully saturated rings. The van der Waals surface area contributed by atoms with Gasteiger partial charge in [-0.3, -0.25) is 19.5 Å². The smallest absolute Gasteiger partial charge is 0.285 e. The monoisotopic (exact) mass is 321 g/mol. The van der Waals surface area contributed by atoms with Gasteiger partial charge in [0.15, 0.2) is 0 Å². The zero-order valence-electron chi connectivity index (χ0n) is 11.8. The molecule has 1 aromatic carbocycles. The van der Waals surface area contributed by atoms with Crippen LogP contribution in [0.25, 0.3) is 0 Å². The molecule has 0 unspecified atom stereocenters. The Hall–Kier alpha value is -2.52. The highest BCUT2D eigenvalue weighted by Gasteiger charge is 2.18. The molecule has 0 atom stereocenters. The van der Waals surface area contributed by atoms with Crippen LogP contribution in [-0.4, -0.2) is 30.5 Å². The lowest BCUT2D eigenvalue weighted by atomic mass is 10.3. The Balaban J connectivity index is 2.27. The lowest BCUT2D eigenvalue weighted by Crippen LogP contribution is -2.31. The van der Waals surface area contributed by atoms with E-state index < -0.39 is 15.9 Å². The van der Waals surface area contributed by atoms with Gasteiger partial charge in [-0.25, -0.2) is 19.2 Å². The van der Waals surface area contributed by atoms with E-state index >= 15 is 0 Å². The molecule has 8 nitrogen and oxygen atoms in total. The summed E-state index contributed by atoms with van der Waals surface area (Å²) in [6, 6.07) is 8.65. The molecule has 9 heteroatoms. The van der Waals surface area contributed by atoms with Crippen molar-refractivity contribution in [3.05, 3.63) is 54.1 Å². The second-order valence-corrected chi connectivity index (χ2v) is 6.38. The van der Waals surface area contributed by atoms with E-state index in [0.29, 0.717) is 11.4 Å². The molecule has 1 heterocycles. The van der Waals surface area contributed by atoms with Crippen molar-refractivity contribution in [3.8, 4) is 0 Å². The largest absolute Gasteiger partial charge is 0.289 e. The van der Waals surface area contributed by atoms with Crippen molar-refractivity contribution in [3.63, 3.8) is 0 Å². The number of rotatable bonds is 5. The van der Waals surface area contributed by atoms with Crippen LogP contribution in [0.5, 0.6) is 0 Å². The van der Waals surface area contributed by atoms with Gasteiger partial charge < -0.3 is 0 Å². The molecule has 116 valence electrons. The van der Waals surface area contributed by atoms with E-state index in [1.165, 1.54) is 16.7 Å². The second-order valence-electron chi connectivity index (χ2n) is 4.47. The number of anilines is 1. The van der Waals surface area contributed by atoms with Crippen LogP contribution in [0.4, 0.5) is 5.69 Å². The zero-order chi connectivity index (χ0) is 16.2. The van der Waals surface area contributed by atoms with E-state index in [1.807, 2.05) is 5.43 Å². The number of para-hydroxylation sites is 1. The lowest BCUT2D eigenvalue weighted by Gasteiger charge is -2.21. The molecule has 0 bridgehead atoms. The number of hydrogen-bond donors (Lipinski definition) is 2. The number of nitrogens with zero attached hydrogens (tertiary/aromatic N) is 3. The van der Waals surface area contributed by atoms with E-state index in [4.69, 9.17) is 5.84 Å². The predicted octanol–water partition coefficient (Wildman–Crippen LogP) is 0.0463. The molecule has 2 rings (SSSR count). The Bertz CT molecular complexity index is 747.